The Morgan fingerprint density at radius 2 is 1.80 bits per heavy atom. The predicted octanol–water partition coefficient (Wildman–Crippen LogP) is 3.69. The van der Waals surface area contributed by atoms with Crippen LogP contribution in [0.2, 0.25) is 0 Å². The first-order valence-corrected chi connectivity index (χ1v) is 14.8. The number of hydrogen-bond donors (Lipinski definition) is 5. The van der Waals surface area contributed by atoms with Gasteiger partial charge in [-0.05, 0) is 82.7 Å². The summed E-state index contributed by atoms with van der Waals surface area (Å²) in [4.78, 5) is 39.3. The van der Waals surface area contributed by atoms with Gasteiger partial charge in [0.1, 0.15) is 6.04 Å². The van der Waals surface area contributed by atoms with E-state index in [0.717, 1.165) is 38.8 Å². The van der Waals surface area contributed by atoms with Crippen molar-refractivity contribution in [2.75, 3.05) is 19.6 Å². The van der Waals surface area contributed by atoms with Crippen LogP contribution in [0, 0.1) is 11.8 Å². The molecule has 1 aliphatic heterocycles. The SMILES string of the molecule is CC(C)C[C@H](N)/C=C/[C@H](Cc1ccccc1)CN1CCC[C@H]1C(=O)N[C@@H](CCCCNC(=O)O)C(=O)NC(C)C. The van der Waals surface area contributed by atoms with Gasteiger partial charge in [0.2, 0.25) is 11.8 Å². The summed E-state index contributed by atoms with van der Waals surface area (Å²) in [5, 5.41) is 17.0. The first kappa shape index (κ1) is 33.3. The number of rotatable bonds is 17. The van der Waals surface area contributed by atoms with Crippen LogP contribution in [-0.2, 0) is 16.0 Å². The molecule has 0 unspecified atom stereocenters. The molecule has 0 saturated carbocycles. The second kappa shape index (κ2) is 17.7. The van der Waals surface area contributed by atoms with Gasteiger partial charge in [-0.25, -0.2) is 4.79 Å². The molecule has 9 nitrogen and oxygen atoms in total. The normalized spacial score (nSPS) is 18.1. The molecule has 3 amide bonds. The Hall–Kier alpha value is -2.91. The molecule has 1 aliphatic rings. The van der Waals surface area contributed by atoms with Crippen LogP contribution in [0.1, 0.15) is 71.8 Å². The van der Waals surface area contributed by atoms with Crippen LogP contribution in [0.25, 0.3) is 0 Å². The maximum absolute atomic E-state index is 13.5. The lowest BCUT2D eigenvalue weighted by Crippen LogP contribution is -2.53. The molecule has 0 aliphatic carbocycles. The van der Waals surface area contributed by atoms with Crippen LogP contribution in [0.4, 0.5) is 4.79 Å². The van der Waals surface area contributed by atoms with Crippen LogP contribution in [0.15, 0.2) is 42.5 Å². The van der Waals surface area contributed by atoms with Crippen LogP contribution < -0.4 is 21.7 Å². The summed E-state index contributed by atoms with van der Waals surface area (Å²) in [5.41, 5.74) is 7.60. The lowest BCUT2D eigenvalue weighted by molar-refractivity contribution is -0.132. The molecule has 0 bridgehead atoms. The quantitative estimate of drug-likeness (QED) is 0.146. The van der Waals surface area contributed by atoms with Crippen molar-refractivity contribution in [3.8, 4) is 0 Å². The van der Waals surface area contributed by atoms with Gasteiger partial charge in [-0.2, -0.15) is 0 Å². The molecule has 0 aromatic heterocycles. The van der Waals surface area contributed by atoms with Crippen LogP contribution in [0.3, 0.4) is 0 Å². The lowest BCUT2D eigenvalue weighted by atomic mass is 9.95. The van der Waals surface area contributed by atoms with Crippen molar-refractivity contribution in [2.45, 2.75) is 96.8 Å². The summed E-state index contributed by atoms with van der Waals surface area (Å²) in [6.07, 6.45) is 8.40. The van der Waals surface area contributed by atoms with E-state index in [-0.39, 0.29) is 35.9 Å². The van der Waals surface area contributed by atoms with E-state index in [1.807, 2.05) is 32.0 Å². The molecule has 1 heterocycles. The van der Waals surface area contributed by atoms with Gasteiger partial charge in [0.05, 0.1) is 6.04 Å². The highest BCUT2D eigenvalue weighted by Crippen LogP contribution is 2.22. The number of carbonyl (C=O) groups is 3. The van der Waals surface area contributed by atoms with Gasteiger partial charge in [-0.3, -0.25) is 14.5 Å². The fourth-order valence-electron chi connectivity index (χ4n) is 5.27. The van der Waals surface area contributed by atoms with E-state index in [2.05, 4.69) is 59.0 Å². The highest BCUT2D eigenvalue weighted by atomic mass is 16.4. The Bertz CT molecular complexity index is 937. The number of nitrogens with two attached hydrogens (primary N) is 1. The Morgan fingerprint density at radius 3 is 2.45 bits per heavy atom. The molecule has 2 rings (SSSR count). The molecule has 9 heteroatoms. The van der Waals surface area contributed by atoms with Crippen molar-refractivity contribution in [3.63, 3.8) is 0 Å². The number of unbranched alkanes of at least 4 members (excludes halogenated alkanes) is 1. The number of carboxylic acid groups (broad SMARTS) is 1. The molecule has 1 fully saturated rings. The van der Waals surface area contributed by atoms with E-state index >= 15 is 0 Å². The van der Waals surface area contributed by atoms with Crippen LogP contribution >= 0.6 is 0 Å². The molecule has 1 saturated heterocycles. The summed E-state index contributed by atoms with van der Waals surface area (Å²) in [6, 6.07) is 9.38. The number of nitrogens with zero attached hydrogens (tertiary/aromatic N) is 1. The van der Waals surface area contributed by atoms with Gasteiger partial charge in [0, 0.05) is 25.2 Å². The fraction of sp³-hybridized carbons (Fsp3) is 0.645. The monoisotopic (exact) mass is 557 g/mol. The van der Waals surface area contributed by atoms with E-state index < -0.39 is 12.1 Å². The summed E-state index contributed by atoms with van der Waals surface area (Å²) in [7, 11) is 0. The Balaban J connectivity index is 2.08. The van der Waals surface area contributed by atoms with Crippen molar-refractivity contribution in [1.82, 2.24) is 20.9 Å². The molecule has 0 radical (unpaired) electrons. The zero-order valence-electron chi connectivity index (χ0n) is 24.8. The number of nitrogens with one attached hydrogen (secondary N) is 3. The van der Waals surface area contributed by atoms with Gasteiger partial charge in [0.15, 0.2) is 0 Å². The zero-order valence-corrected chi connectivity index (χ0v) is 24.8. The third kappa shape index (κ3) is 13.0. The van der Waals surface area contributed by atoms with E-state index in [1.54, 1.807) is 0 Å². The van der Waals surface area contributed by atoms with E-state index in [9.17, 15) is 14.4 Å². The summed E-state index contributed by atoms with van der Waals surface area (Å²) < 4.78 is 0. The smallest absolute Gasteiger partial charge is 0.404 e. The maximum Gasteiger partial charge on any atom is 0.404 e. The van der Waals surface area contributed by atoms with Crippen molar-refractivity contribution in [3.05, 3.63) is 48.0 Å². The van der Waals surface area contributed by atoms with E-state index in [1.165, 1.54) is 5.56 Å². The molecular formula is C31H51N5O4. The molecular weight excluding hydrogens is 506 g/mol. The van der Waals surface area contributed by atoms with Gasteiger partial charge in [-0.1, -0.05) is 56.3 Å². The minimum Gasteiger partial charge on any atom is -0.465 e. The fourth-order valence-corrected chi connectivity index (χ4v) is 5.27. The summed E-state index contributed by atoms with van der Waals surface area (Å²) in [5.74, 6) is 0.399. The molecule has 4 atom stereocenters. The summed E-state index contributed by atoms with van der Waals surface area (Å²) >= 11 is 0. The summed E-state index contributed by atoms with van der Waals surface area (Å²) in [6.45, 7) is 10.0. The Morgan fingerprint density at radius 1 is 1.07 bits per heavy atom. The second-order valence-electron chi connectivity index (χ2n) is 11.7. The molecule has 1 aromatic carbocycles. The Kier molecular flexibility index (Phi) is 14.7. The third-order valence-corrected chi connectivity index (χ3v) is 7.11. The van der Waals surface area contributed by atoms with Gasteiger partial charge in [-0.15, -0.1) is 0 Å². The average Bonchev–Trinajstić information content (AvgIpc) is 3.34. The highest BCUT2D eigenvalue weighted by Gasteiger charge is 2.34. The van der Waals surface area contributed by atoms with Gasteiger partial charge in [0.25, 0.3) is 0 Å². The standard InChI is InChI=1S/C31H51N5O4/c1-22(2)19-26(32)16-15-25(20-24-11-6-5-7-12-24)21-36-18-10-14-28(36)30(38)35-27(29(37)34-23(3)4)13-8-9-17-33-31(39)40/h5-7,11-12,15-16,22-23,25-28,33H,8-10,13-14,17-21,32H2,1-4H3,(H,34,37)(H,35,38)(H,39,40)/b16-15+/t25-,26-,27+,28+/m1/s1. The number of amides is 3. The third-order valence-electron chi connectivity index (χ3n) is 7.11. The second-order valence-corrected chi connectivity index (χ2v) is 11.7. The van der Waals surface area contributed by atoms with Crippen molar-refractivity contribution in [2.24, 2.45) is 17.6 Å². The maximum atomic E-state index is 13.5. The van der Waals surface area contributed by atoms with E-state index in [0.29, 0.717) is 31.7 Å². The first-order chi connectivity index (χ1) is 19.0. The first-order valence-electron chi connectivity index (χ1n) is 14.8. The number of benzene rings is 1. The average molecular weight is 558 g/mol. The minimum atomic E-state index is -1.06. The van der Waals surface area contributed by atoms with Crippen molar-refractivity contribution in [1.29, 1.82) is 0 Å². The molecule has 0 spiro atoms. The minimum absolute atomic E-state index is 0.00173. The van der Waals surface area contributed by atoms with Crippen LogP contribution in [0.5, 0.6) is 0 Å². The molecule has 1 aromatic rings. The Labute approximate surface area is 240 Å². The zero-order chi connectivity index (χ0) is 29.5. The number of hydrogen-bond acceptors (Lipinski definition) is 5. The van der Waals surface area contributed by atoms with Crippen LogP contribution in [-0.4, -0.2) is 71.7 Å². The van der Waals surface area contributed by atoms with Gasteiger partial charge >= 0.3 is 6.09 Å². The largest absolute Gasteiger partial charge is 0.465 e. The van der Waals surface area contributed by atoms with Crippen molar-refractivity contribution < 1.29 is 19.5 Å². The molecule has 224 valence electrons. The highest BCUT2D eigenvalue weighted by molar-refractivity contribution is 5.90. The number of likely N-dealkylation sites (tertiary alicyclic amines) is 1. The topological polar surface area (TPSA) is 137 Å². The lowest BCUT2D eigenvalue weighted by Gasteiger charge is -2.29. The molecule has 40 heavy (non-hydrogen) atoms. The van der Waals surface area contributed by atoms with Gasteiger partial charge < -0.3 is 26.8 Å². The number of carbonyl (C=O) groups excluding carboxylic acids is 2. The van der Waals surface area contributed by atoms with E-state index in [4.69, 9.17) is 10.8 Å². The van der Waals surface area contributed by atoms with Crippen molar-refractivity contribution >= 4 is 17.9 Å². The molecule has 6 N–H and O–H groups in total. The predicted molar refractivity (Wildman–Crippen MR) is 160 cm³/mol.